The molecule has 5 nitrogen and oxygen atoms in total. The molecule has 0 spiro atoms. The van der Waals surface area contributed by atoms with E-state index in [1.807, 2.05) is 13.8 Å². The Kier molecular flexibility index (Phi) is 5.18. The monoisotopic (exact) mass is 266 g/mol. The number of esters is 1. The molecule has 0 aliphatic rings. The molecule has 0 unspecified atom stereocenters. The van der Waals surface area contributed by atoms with Crippen molar-refractivity contribution in [1.29, 1.82) is 0 Å². The Hall–Kier alpha value is -1.75. The predicted molar refractivity (Wildman–Crippen MR) is 76.4 cm³/mol. The summed E-state index contributed by atoms with van der Waals surface area (Å²) in [4.78, 5) is 11.7. The number of benzene rings is 1. The second kappa shape index (κ2) is 6.43. The molecule has 0 saturated carbocycles. The first-order chi connectivity index (χ1) is 8.89. The highest BCUT2D eigenvalue weighted by atomic mass is 16.5. The zero-order chi connectivity index (χ0) is 14.5. The quantitative estimate of drug-likeness (QED) is 0.610. The summed E-state index contributed by atoms with van der Waals surface area (Å²) in [6.45, 7) is 6.63. The van der Waals surface area contributed by atoms with Crippen molar-refractivity contribution in [3.63, 3.8) is 0 Å². The summed E-state index contributed by atoms with van der Waals surface area (Å²) in [6.07, 6.45) is 0. The minimum absolute atomic E-state index is 0.282. The average molecular weight is 266 g/mol. The minimum atomic E-state index is -0.352. The molecule has 0 aliphatic carbocycles. The van der Waals surface area contributed by atoms with Crippen molar-refractivity contribution in [2.45, 2.75) is 26.3 Å². The van der Waals surface area contributed by atoms with E-state index in [1.165, 1.54) is 0 Å². The number of rotatable bonds is 6. The Balaban J connectivity index is 2.94. The summed E-state index contributed by atoms with van der Waals surface area (Å²) in [7, 11) is 1.64. The maximum absolute atomic E-state index is 11.7. The van der Waals surface area contributed by atoms with Crippen molar-refractivity contribution in [1.82, 2.24) is 0 Å². The summed E-state index contributed by atoms with van der Waals surface area (Å²) in [5.74, 6) is -0.352. The highest BCUT2D eigenvalue weighted by molar-refractivity contribution is 5.92. The van der Waals surface area contributed by atoms with Crippen molar-refractivity contribution < 1.29 is 14.3 Å². The molecule has 0 aromatic heterocycles. The SMILES string of the molecule is CCOC(=O)c1ccc(N)c(NC(C)(C)COC)c1. The molecule has 106 valence electrons. The van der Waals surface area contributed by atoms with E-state index in [0.29, 0.717) is 30.2 Å². The Morgan fingerprint density at radius 1 is 1.42 bits per heavy atom. The standard InChI is InChI=1S/C14H22N2O3/c1-5-19-13(17)10-6-7-11(15)12(8-10)16-14(2,3)9-18-4/h6-8,16H,5,9,15H2,1-4H3. The predicted octanol–water partition coefficient (Wildman–Crippen LogP) is 2.28. The van der Waals surface area contributed by atoms with Crippen molar-refractivity contribution in [2.24, 2.45) is 0 Å². The van der Waals surface area contributed by atoms with Crippen LogP contribution in [-0.2, 0) is 9.47 Å². The Labute approximate surface area is 114 Å². The van der Waals surface area contributed by atoms with E-state index in [2.05, 4.69) is 5.32 Å². The molecule has 0 radical (unpaired) electrons. The number of carbonyl (C=O) groups is 1. The van der Waals surface area contributed by atoms with Crippen LogP contribution in [0.2, 0.25) is 0 Å². The van der Waals surface area contributed by atoms with Crippen LogP contribution in [0.5, 0.6) is 0 Å². The van der Waals surface area contributed by atoms with Gasteiger partial charge in [-0.05, 0) is 39.0 Å². The average Bonchev–Trinajstić information content (AvgIpc) is 2.31. The van der Waals surface area contributed by atoms with E-state index >= 15 is 0 Å². The van der Waals surface area contributed by atoms with Gasteiger partial charge >= 0.3 is 5.97 Å². The Bertz CT molecular complexity index is 444. The normalized spacial score (nSPS) is 11.2. The van der Waals surface area contributed by atoms with Gasteiger partial charge < -0.3 is 20.5 Å². The van der Waals surface area contributed by atoms with E-state index in [1.54, 1.807) is 32.2 Å². The van der Waals surface area contributed by atoms with Gasteiger partial charge in [0.05, 0.1) is 35.7 Å². The van der Waals surface area contributed by atoms with Crippen LogP contribution in [0.25, 0.3) is 0 Å². The number of hydrogen-bond acceptors (Lipinski definition) is 5. The smallest absolute Gasteiger partial charge is 0.338 e. The summed E-state index contributed by atoms with van der Waals surface area (Å²) in [5, 5.41) is 3.27. The number of methoxy groups -OCH3 is 1. The molecule has 1 aromatic rings. The molecule has 1 aromatic carbocycles. The summed E-state index contributed by atoms with van der Waals surface area (Å²) in [6, 6.07) is 5.05. The van der Waals surface area contributed by atoms with Gasteiger partial charge in [-0.1, -0.05) is 0 Å². The van der Waals surface area contributed by atoms with Crippen molar-refractivity contribution in [2.75, 3.05) is 31.4 Å². The van der Waals surface area contributed by atoms with Gasteiger partial charge in [0.2, 0.25) is 0 Å². The van der Waals surface area contributed by atoms with Crippen LogP contribution in [0, 0.1) is 0 Å². The first-order valence-electron chi connectivity index (χ1n) is 6.23. The fraction of sp³-hybridized carbons (Fsp3) is 0.500. The summed E-state index contributed by atoms with van der Waals surface area (Å²) < 4.78 is 10.1. The first-order valence-corrected chi connectivity index (χ1v) is 6.23. The van der Waals surface area contributed by atoms with Gasteiger partial charge in [-0.3, -0.25) is 0 Å². The van der Waals surface area contributed by atoms with Crippen LogP contribution in [0.3, 0.4) is 0 Å². The van der Waals surface area contributed by atoms with Gasteiger partial charge in [0.25, 0.3) is 0 Å². The molecule has 1 rings (SSSR count). The van der Waals surface area contributed by atoms with Gasteiger partial charge in [-0.15, -0.1) is 0 Å². The Morgan fingerprint density at radius 2 is 2.11 bits per heavy atom. The second-order valence-corrected chi connectivity index (χ2v) is 4.96. The third kappa shape index (κ3) is 4.44. The molecule has 0 bridgehead atoms. The van der Waals surface area contributed by atoms with E-state index in [4.69, 9.17) is 15.2 Å². The van der Waals surface area contributed by atoms with Crippen LogP contribution in [0.15, 0.2) is 18.2 Å². The fourth-order valence-corrected chi connectivity index (χ4v) is 1.77. The first kappa shape index (κ1) is 15.3. The molecule has 19 heavy (non-hydrogen) atoms. The maximum atomic E-state index is 11.7. The molecule has 0 atom stereocenters. The van der Waals surface area contributed by atoms with Crippen molar-refractivity contribution >= 4 is 17.3 Å². The molecule has 0 saturated heterocycles. The molecule has 0 amide bonds. The number of nitrogen functional groups attached to an aromatic ring is 1. The zero-order valence-corrected chi connectivity index (χ0v) is 11.9. The highest BCUT2D eigenvalue weighted by Gasteiger charge is 2.19. The summed E-state index contributed by atoms with van der Waals surface area (Å²) >= 11 is 0. The zero-order valence-electron chi connectivity index (χ0n) is 11.9. The lowest BCUT2D eigenvalue weighted by Crippen LogP contribution is -2.36. The molecule has 5 heteroatoms. The van der Waals surface area contributed by atoms with E-state index in [0.717, 1.165) is 0 Å². The van der Waals surface area contributed by atoms with E-state index < -0.39 is 0 Å². The molecule has 3 N–H and O–H groups in total. The summed E-state index contributed by atoms with van der Waals surface area (Å²) in [5.41, 5.74) is 7.39. The number of nitrogens with two attached hydrogens (primary N) is 1. The van der Waals surface area contributed by atoms with Crippen LogP contribution < -0.4 is 11.1 Å². The Morgan fingerprint density at radius 3 is 2.68 bits per heavy atom. The van der Waals surface area contributed by atoms with Gasteiger partial charge in [0.15, 0.2) is 0 Å². The largest absolute Gasteiger partial charge is 0.462 e. The van der Waals surface area contributed by atoms with E-state index in [-0.39, 0.29) is 11.5 Å². The molecule has 0 heterocycles. The molecule has 0 aliphatic heterocycles. The second-order valence-electron chi connectivity index (χ2n) is 4.96. The number of hydrogen-bond donors (Lipinski definition) is 2. The fourth-order valence-electron chi connectivity index (χ4n) is 1.77. The van der Waals surface area contributed by atoms with Crippen molar-refractivity contribution in [3.05, 3.63) is 23.8 Å². The topological polar surface area (TPSA) is 73.6 Å². The van der Waals surface area contributed by atoms with Crippen LogP contribution in [-0.4, -0.2) is 31.8 Å². The number of nitrogens with one attached hydrogen (secondary N) is 1. The lowest BCUT2D eigenvalue weighted by atomic mass is 10.1. The molecular weight excluding hydrogens is 244 g/mol. The maximum Gasteiger partial charge on any atom is 0.338 e. The van der Waals surface area contributed by atoms with Crippen molar-refractivity contribution in [3.8, 4) is 0 Å². The van der Waals surface area contributed by atoms with Gasteiger partial charge in [0.1, 0.15) is 0 Å². The number of ether oxygens (including phenoxy) is 2. The molecule has 0 fully saturated rings. The van der Waals surface area contributed by atoms with Crippen LogP contribution in [0.4, 0.5) is 11.4 Å². The highest BCUT2D eigenvalue weighted by Crippen LogP contribution is 2.24. The van der Waals surface area contributed by atoms with Gasteiger partial charge in [-0.25, -0.2) is 4.79 Å². The lowest BCUT2D eigenvalue weighted by molar-refractivity contribution is 0.0526. The third-order valence-corrected chi connectivity index (χ3v) is 2.54. The van der Waals surface area contributed by atoms with E-state index in [9.17, 15) is 4.79 Å². The number of anilines is 2. The van der Waals surface area contributed by atoms with Crippen LogP contribution >= 0.6 is 0 Å². The minimum Gasteiger partial charge on any atom is -0.462 e. The number of carbonyl (C=O) groups excluding carboxylic acids is 1. The van der Waals surface area contributed by atoms with Gasteiger partial charge in [-0.2, -0.15) is 0 Å². The molecular formula is C14H22N2O3. The van der Waals surface area contributed by atoms with Gasteiger partial charge in [0, 0.05) is 7.11 Å². The van der Waals surface area contributed by atoms with Crippen LogP contribution in [0.1, 0.15) is 31.1 Å². The third-order valence-electron chi connectivity index (χ3n) is 2.54. The lowest BCUT2D eigenvalue weighted by Gasteiger charge is -2.27.